The molecule has 7 heteroatoms. The highest BCUT2D eigenvalue weighted by Crippen LogP contribution is 2.22. The van der Waals surface area contributed by atoms with Crippen LogP contribution in [-0.2, 0) is 9.59 Å². The van der Waals surface area contributed by atoms with Gasteiger partial charge in [-0.15, -0.1) is 0 Å². The maximum atomic E-state index is 12.7. The van der Waals surface area contributed by atoms with Crippen LogP contribution in [0.15, 0.2) is 53.5 Å². The Morgan fingerprint density at radius 1 is 1.12 bits per heavy atom. The molecule has 126 valence electrons. The van der Waals surface area contributed by atoms with Gasteiger partial charge < -0.3 is 0 Å². The molecule has 1 saturated heterocycles. The van der Waals surface area contributed by atoms with E-state index >= 15 is 0 Å². The van der Waals surface area contributed by atoms with Crippen LogP contribution in [0.2, 0.25) is 0 Å². The first kappa shape index (κ1) is 17.3. The predicted octanol–water partition coefficient (Wildman–Crippen LogP) is 3.20. The van der Waals surface area contributed by atoms with Crippen LogP contribution < -0.4 is 10.2 Å². The zero-order valence-electron chi connectivity index (χ0n) is 13.3. The normalized spacial score (nSPS) is 17.9. The lowest BCUT2D eigenvalue weighted by Gasteiger charge is -2.28. The zero-order valence-corrected chi connectivity index (χ0v) is 15.4. The van der Waals surface area contributed by atoms with Crippen molar-refractivity contribution in [2.75, 3.05) is 4.90 Å². The lowest BCUT2D eigenvalue weighted by molar-refractivity contribution is -0.131. The van der Waals surface area contributed by atoms with Crippen molar-refractivity contribution in [2.45, 2.75) is 6.92 Å². The van der Waals surface area contributed by atoms with Gasteiger partial charge in [-0.2, -0.15) is 0 Å². The van der Waals surface area contributed by atoms with Crippen molar-refractivity contribution < 1.29 is 14.4 Å². The molecule has 1 aliphatic heterocycles. The molecule has 4 amide bonds. The van der Waals surface area contributed by atoms with Gasteiger partial charge in [0.25, 0.3) is 5.91 Å². The van der Waals surface area contributed by atoms with Crippen LogP contribution in [0.5, 0.6) is 0 Å². The van der Waals surface area contributed by atoms with E-state index in [-0.39, 0.29) is 0 Å². The summed E-state index contributed by atoms with van der Waals surface area (Å²) in [7, 11) is 0. The Labute approximate surface area is 158 Å². The van der Waals surface area contributed by atoms with Crippen molar-refractivity contribution >= 4 is 58.0 Å². The number of aliphatic imine (C=N–C) groups is 1. The standard InChI is InChI=1S/C18H14IN3O3/c1-11-3-2-4-14(9-11)22-17(24)15(16(23)21-18(22)25)10-20-13-7-5-12(19)6-8-13/h2-10,15H,1H3,(H,21,23,25)/t15-/m0/s1. The molecule has 6 nitrogen and oxygen atoms in total. The molecule has 0 radical (unpaired) electrons. The van der Waals surface area contributed by atoms with Crippen molar-refractivity contribution in [2.24, 2.45) is 10.9 Å². The van der Waals surface area contributed by atoms with Crippen molar-refractivity contribution in [3.8, 4) is 0 Å². The number of halogens is 1. The van der Waals surface area contributed by atoms with Gasteiger partial charge in [-0.3, -0.25) is 19.9 Å². The van der Waals surface area contributed by atoms with Gasteiger partial charge in [0.1, 0.15) is 0 Å². The van der Waals surface area contributed by atoms with Crippen LogP contribution >= 0.6 is 22.6 Å². The smallest absolute Gasteiger partial charge is 0.276 e. The number of nitrogens with zero attached hydrogens (tertiary/aromatic N) is 2. The van der Waals surface area contributed by atoms with E-state index in [4.69, 9.17) is 0 Å². The summed E-state index contributed by atoms with van der Waals surface area (Å²) in [6, 6.07) is 13.5. The fourth-order valence-corrected chi connectivity index (χ4v) is 2.78. The van der Waals surface area contributed by atoms with E-state index < -0.39 is 23.8 Å². The van der Waals surface area contributed by atoms with Crippen LogP contribution in [0.1, 0.15) is 5.56 Å². The second-order valence-corrected chi connectivity index (χ2v) is 6.78. The Kier molecular flexibility index (Phi) is 4.93. The Hall–Kier alpha value is -2.55. The second kappa shape index (κ2) is 7.14. The summed E-state index contributed by atoms with van der Waals surface area (Å²) in [5, 5.41) is 2.21. The molecule has 1 heterocycles. The fraction of sp³-hybridized carbons (Fsp3) is 0.111. The molecule has 2 aromatic carbocycles. The summed E-state index contributed by atoms with van der Waals surface area (Å²) in [5.74, 6) is -2.45. The number of carbonyl (C=O) groups is 3. The maximum absolute atomic E-state index is 12.7. The molecule has 1 atom stereocenters. The molecule has 2 aromatic rings. The van der Waals surface area contributed by atoms with E-state index in [2.05, 4.69) is 32.9 Å². The summed E-state index contributed by atoms with van der Waals surface area (Å²) in [6.07, 6.45) is 1.27. The van der Waals surface area contributed by atoms with E-state index in [9.17, 15) is 14.4 Å². The molecule has 0 spiro atoms. The third-order valence-corrected chi connectivity index (χ3v) is 4.38. The number of benzene rings is 2. The van der Waals surface area contributed by atoms with Crippen molar-refractivity contribution in [3.05, 3.63) is 57.7 Å². The van der Waals surface area contributed by atoms with E-state index in [1.165, 1.54) is 6.21 Å². The molecule has 0 unspecified atom stereocenters. The minimum atomic E-state index is -1.16. The number of anilines is 1. The lowest BCUT2D eigenvalue weighted by Crippen LogP contribution is -2.58. The topological polar surface area (TPSA) is 78.8 Å². The fourth-order valence-electron chi connectivity index (χ4n) is 2.42. The van der Waals surface area contributed by atoms with Gasteiger partial charge in [-0.25, -0.2) is 9.69 Å². The zero-order chi connectivity index (χ0) is 18.0. The summed E-state index contributed by atoms with van der Waals surface area (Å²) in [6.45, 7) is 1.86. The van der Waals surface area contributed by atoms with Gasteiger partial charge in [-0.05, 0) is 71.5 Å². The first-order valence-corrected chi connectivity index (χ1v) is 8.59. The minimum absolute atomic E-state index is 0.419. The Balaban J connectivity index is 1.89. The van der Waals surface area contributed by atoms with E-state index in [1.807, 2.05) is 25.1 Å². The summed E-state index contributed by atoms with van der Waals surface area (Å²) in [5.41, 5.74) is 1.95. The Morgan fingerprint density at radius 3 is 2.52 bits per heavy atom. The highest BCUT2D eigenvalue weighted by molar-refractivity contribution is 14.1. The van der Waals surface area contributed by atoms with Crippen LogP contribution in [0.3, 0.4) is 0 Å². The Bertz CT molecular complexity index is 877. The number of hydrogen-bond acceptors (Lipinski definition) is 4. The summed E-state index contributed by atoms with van der Waals surface area (Å²) >= 11 is 2.17. The number of carbonyl (C=O) groups excluding carboxylic acids is 3. The van der Waals surface area contributed by atoms with E-state index in [1.54, 1.807) is 30.3 Å². The van der Waals surface area contributed by atoms with Crippen molar-refractivity contribution in [1.29, 1.82) is 0 Å². The first-order valence-electron chi connectivity index (χ1n) is 7.51. The number of amides is 4. The van der Waals surface area contributed by atoms with Gasteiger partial charge in [0.2, 0.25) is 5.91 Å². The van der Waals surface area contributed by atoms with Gasteiger partial charge >= 0.3 is 6.03 Å². The van der Waals surface area contributed by atoms with Crippen LogP contribution in [-0.4, -0.2) is 24.1 Å². The lowest BCUT2D eigenvalue weighted by atomic mass is 10.1. The van der Waals surface area contributed by atoms with Gasteiger partial charge in [0.05, 0.1) is 11.4 Å². The highest BCUT2D eigenvalue weighted by atomic mass is 127. The molecule has 0 aromatic heterocycles. The largest absolute Gasteiger partial charge is 0.335 e. The predicted molar refractivity (Wildman–Crippen MR) is 103 cm³/mol. The quantitative estimate of drug-likeness (QED) is 0.446. The molecule has 1 fully saturated rings. The second-order valence-electron chi connectivity index (χ2n) is 5.54. The monoisotopic (exact) mass is 447 g/mol. The molecule has 1 N–H and O–H groups in total. The number of imide groups is 2. The van der Waals surface area contributed by atoms with Crippen LogP contribution in [0.4, 0.5) is 16.2 Å². The van der Waals surface area contributed by atoms with Gasteiger partial charge in [-0.1, -0.05) is 12.1 Å². The number of barbiturate groups is 1. The highest BCUT2D eigenvalue weighted by Gasteiger charge is 2.40. The summed E-state index contributed by atoms with van der Waals surface area (Å²) in [4.78, 5) is 42.0. The summed E-state index contributed by atoms with van der Waals surface area (Å²) < 4.78 is 1.05. The van der Waals surface area contributed by atoms with Crippen molar-refractivity contribution in [3.63, 3.8) is 0 Å². The minimum Gasteiger partial charge on any atom is -0.276 e. The number of aryl methyl sites for hydroxylation is 1. The first-order chi connectivity index (χ1) is 12.0. The number of hydrogen-bond donors (Lipinski definition) is 1. The molecule has 25 heavy (non-hydrogen) atoms. The molecule has 0 saturated carbocycles. The van der Waals surface area contributed by atoms with Gasteiger partial charge in [0, 0.05) is 9.78 Å². The molecule has 0 aliphatic carbocycles. The van der Waals surface area contributed by atoms with Crippen molar-refractivity contribution in [1.82, 2.24) is 5.32 Å². The molecule has 1 aliphatic rings. The molecule has 3 rings (SSSR count). The van der Waals surface area contributed by atoms with Crippen LogP contribution in [0, 0.1) is 16.4 Å². The Morgan fingerprint density at radius 2 is 1.84 bits per heavy atom. The SMILES string of the molecule is Cc1cccc(N2C(=O)NC(=O)[C@H](C=Nc3ccc(I)cc3)C2=O)c1. The van der Waals surface area contributed by atoms with E-state index in [0.717, 1.165) is 14.0 Å². The number of rotatable bonds is 3. The third kappa shape index (κ3) is 3.76. The molecular weight excluding hydrogens is 433 g/mol. The average molecular weight is 447 g/mol. The number of urea groups is 1. The number of nitrogens with one attached hydrogen (secondary N) is 1. The average Bonchev–Trinajstić information content (AvgIpc) is 2.56. The van der Waals surface area contributed by atoms with Crippen LogP contribution in [0.25, 0.3) is 0 Å². The maximum Gasteiger partial charge on any atom is 0.335 e. The molecule has 0 bridgehead atoms. The third-order valence-electron chi connectivity index (χ3n) is 3.66. The van der Waals surface area contributed by atoms with Gasteiger partial charge in [0.15, 0.2) is 5.92 Å². The molecular formula is C18H14IN3O3. The van der Waals surface area contributed by atoms with E-state index in [0.29, 0.717) is 11.4 Å².